The van der Waals surface area contributed by atoms with Gasteiger partial charge in [-0.1, -0.05) is 90.3 Å². The van der Waals surface area contributed by atoms with E-state index < -0.39 is 0 Å². The molecule has 38 heavy (non-hydrogen) atoms. The van der Waals surface area contributed by atoms with Crippen molar-refractivity contribution in [3.8, 4) is 5.75 Å². The quantitative estimate of drug-likeness (QED) is 0.187. The molecule has 0 bridgehead atoms. The number of hydrogen-bond acceptors (Lipinski definition) is 4. The second-order valence-electron chi connectivity index (χ2n) is 11.3. The van der Waals surface area contributed by atoms with E-state index in [1.165, 1.54) is 37.7 Å². The Bertz CT molecular complexity index is 952. The Hall–Kier alpha value is -2.37. The van der Waals surface area contributed by atoms with E-state index in [0.717, 1.165) is 43.5 Å². The highest BCUT2D eigenvalue weighted by atomic mass is 16.3. The van der Waals surface area contributed by atoms with Crippen molar-refractivity contribution in [2.45, 2.75) is 111 Å². The molecule has 1 aromatic carbocycles. The summed E-state index contributed by atoms with van der Waals surface area (Å²) in [4.78, 5) is 15.0. The Morgan fingerprint density at radius 3 is 2.63 bits per heavy atom. The second-order valence-corrected chi connectivity index (χ2v) is 11.3. The fraction of sp³-hybridized carbons (Fsp3) is 0.606. The van der Waals surface area contributed by atoms with Gasteiger partial charge in [-0.2, -0.15) is 0 Å². The van der Waals surface area contributed by atoms with E-state index in [-0.39, 0.29) is 29.2 Å². The largest absolute Gasteiger partial charge is 0.508 e. The third-order valence-corrected chi connectivity index (χ3v) is 7.95. The molecule has 1 aromatic rings. The highest BCUT2D eigenvalue weighted by Gasteiger charge is 2.48. The zero-order chi connectivity index (χ0) is 28.1. The van der Waals surface area contributed by atoms with Gasteiger partial charge in [-0.25, -0.2) is 0 Å². The van der Waals surface area contributed by atoms with Crippen molar-refractivity contribution in [3.63, 3.8) is 0 Å². The molecule has 5 heteroatoms. The van der Waals surface area contributed by atoms with Crippen molar-refractivity contribution in [2.75, 3.05) is 13.1 Å². The molecule has 1 aliphatic carbocycles. The first-order chi connectivity index (χ1) is 18.2. The third-order valence-electron chi connectivity index (χ3n) is 7.95. The minimum Gasteiger partial charge on any atom is -0.508 e. The van der Waals surface area contributed by atoms with Crippen LogP contribution in [0.1, 0.15) is 110 Å². The number of nitrogens with two attached hydrogens (primary N) is 1. The van der Waals surface area contributed by atoms with Crippen LogP contribution in [0.3, 0.4) is 0 Å². The molecule has 0 saturated carbocycles. The molecular formula is C33H53N3O2. The molecule has 3 rings (SSSR count). The van der Waals surface area contributed by atoms with E-state index in [1.807, 2.05) is 25.1 Å². The number of amides is 1. The lowest BCUT2D eigenvalue weighted by molar-refractivity contribution is -0.141. The highest BCUT2D eigenvalue weighted by Crippen LogP contribution is 2.55. The summed E-state index contributed by atoms with van der Waals surface area (Å²) >= 11 is 0. The van der Waals surface area contributed by atoms with E-state index >= 15 is 0 Å². The number of nitrogens with one attached hydrogen (secondary N) is 1. The Kier molecular flexibility index (Phi) is 13.3. The molecule has 2 aliphatic rings. The number of aromatic hydroxyl groups is 1. The van der Waals surface area contributed by atoms with Gasteiger partial charge in [-0.3, -0.25) is 4.79 Å². The number of benzene rings is 1. The number of allylic oxidation sites excluding steroid dienone is 3. The van der Waals surface area contributed by atoms with Crippen LogP contribution in [0.2, 0.25) is 0 Å². The number of fused-ring (bicyclic) bond motifs is 3. The zero-order valence-electron chi connectivity index (χ0n) is 24.6. The van der Waals surface area contributed by atoms with E-state index in [1.54, 1.807) is 12.1 Å². The van der Waals surface area contributed by atoms with Crippen molar-refractivity contribution in [2.24, 2.45) is 11.1 Å². The summed E-state index contributed by atoms with van der Waals surface area (Å²) in [5.41, 5.74) is 8.86. The van der Waals surface area contributed by atoms with E-state index in [0.29, 0.717) is 12.5 Å². The summed E-state index contributed by atoms with van der Waals surface area (Å²) in [6.45, 7) is 16.5. The van der Waals surface area contributed by atoms with Crippen LogP contribution >= 0.6 is 0 Å². The molecule has 0 spiro atoms. The van der Waals surface area contributed by atoms with Crippen molar-refractivity contribution in [1.82, 2.24) is 10.2 Å². The van der Waals surface area contributed by atoms with Gasteiger partial charge >= 0.3 is 0 Å². The average Bonchev–Trinajstić information content (AvgIpc) is 2.89. The molecule has 4 N–H and O–H groups in total. The number of piperidine rings is 1. The number of nitrogens with zero attached hydrogens (tertiary/aromatic N) is 1. The Balaban J connectivity index is 0.000000391. The number of unbranched alkanes of at least 4 members (excludes halogenated alkanes) is 3. The predicted molar refractivity (Wildman–Crippen MR) is 162 cm³/mol. The lowest BCUT2D eigenvalue weighted by Crippen LogP contribution is -2.50. The number of carbonyl (C=O) groups is 1. The molecular weight excluding hydrogens is 470 g/mol. The van der Waals surface area contributed by atoms with E-state index in [2.05, 4.69) is 56.6 Å². The maximum absolute atomic E-state index is 12.9. The van der Waals surface area contributed by atoms with Crippen LogP contribution in [0.25, 0.3) is 6.08 Å². The molecule has 4 unspecified atom stereocenters. The smallest absolute Gasteiger partial charge is 0.223 e. The highest BCUT2D eigenvalue weighted by molar-refractivity contribution is 5.80. The molecule has 0 aromatic heterocycles. The molecule has 1 saturated heterocycles. The minimum absolute atomic E-state index is 0.0306. The van der Waals surface area contributed by atoms with Crippen LogP contribution in [0.4, 0.5) is 0 Å². The SMILES string of the molecule is C=C/C=C\C1=Cc2ccc(O)cc2C2N(CCCCCC)C(=O)CCC12C.CCCC(CC)NCC(C)N. The number of rotatable bonds is 13. The predicted octanol–water partition coefficient (Wildman–Crippen LogP) is 7.28. The van der Waals surface area contributed by atoms with Gasteiger partial charge in [0, 0.05) is 37.0 Å². The van der Waals surface area contributed by atoms with Crippen molar-refractivity contribution < 1.29 is 9.90 Å². The lowest BCUT2D eigenvalue weighted by atomic mass is 9.63. The first-order valence-electron chi connectivity index (χ1n) is 14.8. The normalized spacial score (nSPS) is 22.2. The second kappa shape index (κ2) is 15.9. The van der Waals surface area contributed by atoms with Crippen molar-refractivity contribution in [1.29, 1.82) is 0 Å². The van der Waals surface area contributed by atoms with Crippen LogP contribution in [-0.4, -0.2) is 41.1 Å². The Labute approximate surface area is 232 Å². The van der Waals surface area contributed by atoms with Gasteiger partial charge in [0.05, 0.1) is 6.04 Å². The van der Waals surface area contributed by atoms with E-state index in [9.17, 15) is 9.90 Å². The summed E-state index contributed by atoms with van der Waals surface area (Å²) in [6.07, 6.45) is 17.8. The van der Waals surface area contributed by atoms with Crippen molar-refractivity contribution in [3.05, 3.63) is 59.7 Å². The van der Waals surface area contributed by atoms with Gasteiger partial charge < -0.3 is 21.1 Å². The van der Waals surface area contributed by atoms with Crippen LogP contribution in [0, 0.1) is 5.41 Å². The standard InChI is InChI=1S/C24H31NO2.C9H22N2/c1-4-6-8-9-15-25-22(27)13-14-24(3)19(10-7-5-2)16-18-11-12-20(26)17-21(18)23(24)25;1-4-6-9(5-2)11-7-8(3)10/h5,7,10-12,16-17,23,26H,2,4,6,8-9,13-15H2,1,3H3;8-9,11H,4-7,10H2,1-3H3/b10-7-;. The molecule has 1 heterocycles. The fourth-order valence-corrected chi connectivity index (χ4v) is 5.74. The molecule has 1 amide bonds. The van der Waals surface area contributed by atoms with Crippen LogP contribution in [0.5, 0.6) is 5.75 Å². The van der Waals surface area contributed by atoms with E-state index in [4.69, 9.17) is 5.73 Å². The molecule has 4 atom stereocenters. The van der Waals surface area contributed by atoms with Gasteiger partial charge in [0.25, 0.3) is 0 Å². The van der Waals surface area contributed by atoms with Crippen LogP contribution < -0.4 is 11.1 Å². The van der Waals surface area contributed by atoms with Gasteiger partial charge in [-0.15, -0.1) is 0 Å². The van der Waals surface area contributed by atoms with Crippen LogP contribution in [-0.2, 0) is 4.79 Å². The number of hydrogen-bond donors (Lipinski definition) is 3. The summed E-state index contributed by atoms with van der Waals surface area (Å²) < 4.78 is 0. The van der Waals surface area contributed by atoms with Gasteiger partial charge in [-0.05, 0) is 61.4 Å². The monoisotopic (exact) mass is 523 g/mol. The van der Waals surface area contributed by atoms with Crippen molar-refractivity contribution >= 4 is 12.0 Å². The maximum atomic E-state index is 12.9. The Morgan fingerprint density at radius 1 is 1.24 bits per heavy atom. The summed E-state index contributed by atoms with van der Waals surface area (Å²) in [6, 6.07) is 6.45. The minimum atomic E-state index is -0.154. The molecule has 212 valence electrons. The zero-order valence-corrected chi connectivity index (χ0v) is 24.6. The number of phenols is 1. The number of carbonyl (C=O) groups excluding carboxylic acids is 1. The first-order valence-corrected chi connectivity index (χ1v) is 14.8. The number of phenolic OH excluding ortho intramolecular Hbond substituents is 1. The Morgan fingerprint density at radius 2 is 2.00 bits per heavy atom. The fourth-order valence-electron chi connectivity index (χ4n) is 5.74. The number of likely N-dealkylation sites (tertiary alicyclic amines) is 1. The van der Waals surface area contributed by atoms with Gasteiger partial charge in [0.15, 0.2) is 0 Å². The summed E-state index contributed by atoms with van der Waals surface area (Å²) in [5, 5.41) is 13.6. The first kappa shape index (κ1) is 31.8. The third kappa shape index (κ3) is 8.57. The van der Waals surface area contributed by atoms with Gasteiger partial charge in [0.2, 0.25) is 5.91 Å². The maximum Gasteiger partial charge on any atom is 0.223 e. The molecule has 0 radical (unpaired) electrons. The van der Waals surface area contributed by atoms with Crippen LogP contribution in [0.15, 0.2) is 48.6 Å². The molecule has 1 aliphatic heterocycles. The average molecular weight is 524 g/mol. The summed E-state index contributed by atoms with van der Waals surface area (Å²) in [7, 11) is 0. The molecule has 5 nitrogen and oxygen atoms in total. The van der Waals surface area contributed by atoms with Gasteiger partial charge in [0.1, 0.15) is 5.75 Å². The summed E-state index contributed by atoms with van der Waals surface area (Å²) in [5.74, 6) is 0.496. The lowest BCUT2D eigenvalue weighted by Gasteiger charge is -2.51. The topological polar surface area (TPSA) is 78.6 Å². The molecule has 1 fully saturated rings.